The maximum atomic E-state index is 2.78. The summed E-state index contributed by atoms with van der Waals surface area (Å²) in [6, 6.07) is 1.65. The molecule has 2 aliphatic heterocycles. The second kappa shape index (κ2) is 7.79. The molecule has 0 saturated carbocycles. The maximum Gasteiger partial charge on any atom is 0.0105 e. The SMILES string of the molecule is CC[C@@H]1CC[C@H](CCN2C[C@@H](CC)CC[C@@H]2C)N(C)C1. The van der Waals surface area contributed by atoms with Gasteiger partial charge >= 0.3 is 0 Å². The van der Waals surface area contributed by atoms with Crippen molar-refractivity contribution in [3.05, 3.63) is 0 Å². The smallest absolute Gasteiger partial charge is 0.0105 e. The molecule has 2 heterocycles. The third-order valence-electron chi connectivity index (χ3n) is 6.09. The Labute approximate surface area is 126 Å². The lowest BCUT2D eigenvalue weighted by Gasteiger charge is -2.41. The van der Waals surface area contributed by atoms with Crippen molar-refractivity contribution >= 4 is 0 Å². The molecule has 2 rings (SSSR count). The summed E-state index contributed by atoms with van der Waals surface area (Å²) in [7, 11) is 2.35. The molecule has 0 N–H and O–H groups in total. The predicted octanol–water partition coefficient (Wildman–Crippen LogP) is 4.01. The summed E-state index contributed by atoms with van der Waals surface area (Å²) in [4.78, 5) is 5.42. The molecule has 4 atom stereocenters. The molecule has 2 saturated heterocycles. The minimum absolute atomic E-state index is 0.815. The van der Waals surface area contributed by atoms with E-state index in [0.717, 1.165) is 23.9 Å². The molecule has 0 unspecified atom stereocenters. The van der Waals surface area contributed by atoms with Crippen molar-refractivity contribution in [2.45, 2.75) is 77.8 Å². The second-order valence-electron chi connectivity index (χ2n) is 7.43. The number of rotatable bonds is 5. The standard InChI is InChI=1S/C18H36N2/c1-5-16-9-10-18(19(4)13-16)11-12-20-14-17(6-2)8-7-15(20)3/h15-18H,5-14H2,1-4H3/t15-,16+,17-,18+/m0/s1. The molecule has 2 aliphatic rings. The van der Waals surface area contributed by atoms with Crippen LogP contribution in [0.15, 0.2) is 0 Å². The van der Waals surface area contributed by atoms with Gasteiger partial charge < -0.3 is 9.80 Å². The van der Waals surface area contributed by atoms with E-state index in [1.54, 1.807) is 0 Å². The average Bonchev–Trinajstić information content (AvgIpc) is 2.47. The van der Waals surface area contributed by atoms with Gasteiger partial charge in [0.25, 0.3) is 0 Å². The first-order valence-corrected chi connectivity index (χ1v) is 9.08. The van der Waals surface area contributed by atoms with Crippen molar-refractivity contribution in [3.8, 4) is 0 Å². The Kier molecular flexibility index (Phi) is 6.35. The zero-order chi connectivity index (χ0) is 14.5. The van der Waals surface area contributed by atoms with Gasteiger partial charge in [-0.1, -0.05) is 26.7 Å². The number of nitrogens with zero attached hydrogens (tertiary/aromatic N) is 2. The summed E-state index contributed by atoms with van der Waals surface area (Å²) in [6.07, 6.45) is 9.86. The van der Waals surface area contributed by atoms with Gasteiger partial charge in [-0.3, -0.25) is 0 Å². The van der Waals surface area contributed by atoms with Crippen LogP contribution in [0.1, 0.15) is 65.7 Å². The zero-order valence-electron chi connectivity index (χ0n) is 14.3. The van der Waals surface area contributed by atoms with Crippen LogP contribution >= 0.6 is 0 Å². The first kappa shape index (κ1) is 16.3. The fraction of sp³-hybridized carbons (Fsp3) is 1.00. The van der Waals surface area contributed by atoms with Gasteiger partial charge in [-0.2, -0.15) is 0 Å². The highest BCUT2D eigenvalue weighted by molar-refractivity contribution is 4.83. The molecule has 0 bridgehead atoms. The van der Waals surface area contributed by atoms with Crippen LogP contribution in [0, 0.1) is 11.8 Å². The summed E-state index contributed by atoms with van der Waals surface area (Å²) in [5.41, 5.74) is 0. The van der Waals surface area contributed by atoms with Gasteiger partial charge in [0, 0.05) is 25.2 Å². The molecule has 0 aromatic carbocycles. The highest BCUT2D eigenvalue weighted by Gasteiger charge is 2.28. The second-order valence-corrected chi connectivity index (χ2v) is 7.43. The molecule has 0 aliphatic carbocycles. The number of hydrogen-bond acceptors (Lipinski definition) is 2. The van der Waals surface area contributed by atoms with Gasteiger partial charge in [0.05, 0.1) is 0 Å². The van der Waals surface area contributed by atoms with Crippen LogP contribution in [-0.4, -0.2) is 48.6 Å². The van der Waals surface area contributed by atoms with Crippen LogP contribution in [0.2, 0.25) is 0 Å². The molecule has 20 heavy (non-hydrogen) atoms. The minimum atomic E-state index is 0.815. The molecule has 0 spiro atoms. The van der Waals surface area contributed by atoms with Gasteiger partial charge in [0.2, 0.25) is 0 Å². The van der Waals surface area contributed by atoms with Crippen LogP contribution in [0.3, 0.4) is 0 Å². The number of piperidine rings is 2. The van der Waals surface area contributed by atoms with Crippen LogP contribution < -0.4 is 0 Å². The number of likely N-dealkylation sites (tertiary alicyclic amines) is 2. The monoisotopic (exact) mass is 280 g/mol. The lowest BCUT2D eigenvalue weighted by molar-refractivity contribution is 0.0810. The van der Waals surface area contributed by atoms with E-state index in [9.17, 15) is 0 Å². The Morgan fingerprint density at radius 3 is 2.20 bits per heavy atom. The Morgan fingerprint density at radius 1 is 0.900 bits per heavy atom. The summed E-state index contributed by atoms with van der Waals surface area (Å²) in [6.45, 7) is 11.1. The molecule has 118 valence electrons. The van der Waals surface area contributed by atoms with Crippen LogP contribution in [0.5, 0.6) is 0 Å². The number of hydrogen-bond donors (Lipinski definition) is 0. The maximum absolute atomic E-state index is 2.78. The van der Waals surface area contributed by atoms with E-state index >= 15 is 0 Å². The Bertz CT molecular complexity index is 279. The van der Waals surface area contributed by atoms with Crippen molar-refractivity contribution in [3.63, 3.8) is 0 Å². The zero-order valence-corrected chi connectivity index (χ0v) is 14.3. The van der Waals surface area contributed by atoms with Crippen molar-refractivity contribution in [1.29, 1.82) is 0 Å². The molecular weight excluding hydrogens is 244 g/mol. The van der Waals surface area contributed by atoms with E-state index in [4.69, 9.17) is 0 Å². The fourth-order valence-corrected chi connectivity index (χ4v) is 4.22. The van der Waals surface area contributed by atoms with Crippen LogP contribution in [0.25, 0.3) is 0 Å². The Hall–Kier alpha value is -0.0800. The molecule has 2 fully saturated rings. The molecule has 2 nitrogen and oxygen atoms in total. The summed E-state index contributed by atoms with van der Waals surface area (Å²) < 4.78 is 0. The predicted molar refractivity (Wildman–Crippen MR) is 88.1 cm³/mol. The van der Waals surface area contributed by atoms with Gasteiger partial charge in [0.1, 0.15) is 0 Å². The van der Waals surface area contributed by atoms with E-state index in [0.29, 0.717) is 0 Å². The molecule has 0 amide bonds. The third-order valence-corrected chi connectivity index (χ3v) is 6.09. The molecule has 0 aromatic heterocycles. The van der Waals surface area contributed by atoms with E-state index in [1.165, 1.54) is 64.6 Å². The molecule has 0 radical (unpaired) electrons. The first-order valence-electron chi connectivity index (χ1n) is 9.08. The fourth-order valence-electron chi connectivity index (χ4n) is 4.22. The van der Waals surface area contributed by atoms with E-state index in [2.05, 4.69) is 37.6 Å². The van der Waals surface area contributed by atoms with Crippen molar-refractivity contribution in [2.75, 3.05) is 26.7 Å². The van der Waals surface area contributed by atoms with E-state index in [-0.39, 0.29) is 0 Å². The third kappa shape index (κ3) is 4.21. The summed E-state index contributed by atoms with van der Waals surface area (Å²) in [5.74, 6) is 1.91. The van der Waals surface area contributed by atoms with Crippen molar-refractivity contribution in [1.82, 2.24) is 9.80 Å². The topological polar surface area (TPSA) is 6.48 Å². The highest BCUT2D eigenvalue weighted by atomic mass is 15.2. The van der Waals surface area contributed by atoms with Gasteiger partial charge in [-0.15, -0.1) is 0 Å². The van der Waals surface area contributed by atoms with Crippen LogP contribution in [-0.2, 0) is 0 Å². The average molecular weight is 280 g/mol. The van der Waals surface area contributed by atoms with Crippen molar-refractivity contribution < 1.29 is 0 Å². The Balaban J connectivity index is 1.76. The van der Waals surface area contributed by atoms with Gasteiger partial charge in [0.15, 0.2) is 0 Å². The van der Waals surface area contributed by atoms with Gasteiger partial charge in [-0.05, 0) is 64.5 Å². The molecule has 0 aromatic rings. The lowest BCUT2D eigenvalue weighted by Crippen LogP contribution is -2.46. The largest absolute Gasteiger partial charge is 0.303 e. The summed E-state index contributed by atoms with van der Waals surface area (Å²) >= 11 is 0. The molecule has 2 heteroatoms. The van der Waals surface area contributed by atoms with Gasteiger partial charge in [-0.25, -0.2) is 0 Å². The molecular formula is C18H36N2. The highest BCUT2D eigenvalue weighted by Crippen LogP contribution is 2.27. The quantitative estimate of drug-likeness (QED) is 0.751. The minimum Gasteiger partial charge on any atom is -0.303 e. The first-order chi connectivity index (χ1) is 9.63. The van der Waals surface area contributed by atoms with E-state index in [1.807, 2.05) is 0 Å². The van der Waals surface area contributed by atoms with E-state index < -0.39 is 0 Å². The van der Waals surface area contributed by atoms with Crippen molar-refractivity contribution in [2.24, 2.45) is 11.8 Å². The summed E-state index contributed by atoms with van der Waals surface area (Å²) in [5, 5.41) is 0. The van der Waals surface area contributed by atoms with Crippen LogP contribution in [0.4, 0.5) is 0 Å². The Morgan fingerprint density at radius 2 is 1.55 bits per heavy atom. The lowest BCUT2D eigenvalue weighted by atomic mass is 9.88. The normalized spacial score (nSPS) is 37.2.